The van der Waals surface area contributed by atoms with E-state index >= 15 is 0 Å². The molecule has 6 heteroatoms. The molecule has 1 atom stereocenters. The van der Waals surface area contributed by atoms with Gasteiger partial charge in [0.15, 0.2) is 5.96 Å². The molecule has 138 valence electrons. The summed E-state index contributed by atoms with van der Waals surface area (Å²) in [6.07, 6.45) is 5.83. The van der Waals surface area contributed by atoms with Gasteiger partial charge in [0.05, 0.1) is 6.04 Å². The lowest BCUT2D eigenvalue weighted by Gasteiger charge is -2.28. The third kappa shape index (κ3) is 5.56. The first-order valence-corrected chi connectivity index (χ1v) is 9.16. The zero-order valence-electron chi connectivity index (χ0n) is 15.9. The summed E-state index contributed by atoms with van der Waals surface area (Å²) in [4.78, 5) is 18.6. The third-order valence-electron chi connectivity index (χ3n) is 4.90. The van der Waals surface area contributed by atoms with Crippen molar-refractivity contribution in [1.82, 2.24) is 15.5 Å². The van der Waals surface area contributed by atoms with Crippen molar-refractivity contribution < 1.29 is 9.53 Å². The fraction of sp³-hybridized carbons (Fsp3) is 0.889. The number of alkyl carbamates (subject to hydrolysis) is 1. The molecular formula is C18H34N4O2. The van der Waals surface area contributed by atoms with E-state index in [1.54, 1.807) is 0 Å². The van der Waals surface area contributed by atoms with Crippen LogP contribution in [0, 0.1) is 5.41 Å². The molecule has 1 unspecified atom stereocenters. The van der Waals surface area contributed by atoms with Crippen LogP contribution in [0.3, 0.4) is 0 Å². The summed E-state index contributed by atoms with van der Waals surface area (Å²) in [5.41, 5.74) is -0.0689. The molecule has 1 heterocycles. The monoisotopic (exact) mass is 338 g/mol. The quantitative estimate of drug-likeness (QED) is 0.613. The molecule has 0 aromatic carbocycles. The van der Waals surface area contributed by atoms with Crippen LogP contribution in [0.4, 0.5) is 4.79 Å². The fourth-order valence-electron chi connectivity index (χ4n) is 3.57. The Morgan fingerprint density at radius 1 is 1.33 bits per heavy atom. The van der Waals surface area contributed by atoms with Crippen LogP contribution in [-0.2, 0) is 4.74 Å². The maximum Gasteiger partial charge on any atom is 0.407 e. The molecule has 0 radical (unpaired) electrons. The van der Waals surface area contributed by atoms with E-state index in [1.165, 1.54) is 25.7 Å². The Balaban J connectivity index is 1.79. The van der Waals surface area contributed by atoms with Gasteiger partial charge in [0, 0.05) is 26.7 Å². The van der Waals surface area contributed by atoms with E-state index in [2.05, 4.69) is 27.4 Å². The van der Waals surface area contributed by atoms with E-state index in [0.717, 1.165) is 32.0 Å². The highest BCUT2D eigenvalue weighted by Gasteiger charge is 2.31. The lowest BCUT2D eigenvalue weighted by molar-refractivity contribution is 0.0507. The van der Waals surface area contributed by atoms with E-state index < -0.39 is 5.60 Å². The number of hydrogen-bond donors (Lipinski definition) is 2. The second-order valence-corrected chi connectivity index (χ2v) is 8.50. The van der Waals surface area contributed by atoms with Crippen LogP contribution < -0.4 is 10.6 Å². The molecule has 1 aliphatic heterocycles. The van der Waals surface area contributed by atoms with Gasteiger partial charge in [0.25, 0.3) is 0 Å². The number of likely N-dealkylation sites (tertiary alicyclic amines) is 1. The van der Waals surface area contributed by atoms with Crippen LogP contribution in [0.15, 0.2) is 4.99 Å². The van der Waals surface area contributed by atoms with E-state index in [1.807, 2.05) is 27.8 Å². The predicted octanol–water partition coefficient (Wildman–Crippen LogP) is 2.74. The summed E-state index contributed by atoms with van der Waals surface area (Å²) in [6, 6.07) is 0.112. The minimum absolute atomic E-state index is 0.112. The van der Waals surface area contributed by atoms with Crippen molar-refractivity contribution in [2.45, 2.75) is 71.4 Å². The molecule has 1 saturated carbocycles. The highest BCUT2D eigenvalue weighted by Crippen LogP contribution is 2.36. The second kappa shape index (κ2) is 7.62. The lowest BCUT2D eigenvalue weighted by Crippen LogP contribution is -2.46. The Bertz CT molecular complexity index is 464. The Morgan fingerprint density at radius 3 is 2.58 bits per heavy atom. The van der Waals surface area contributed by atoms with Crippen LogP contribution in [-0.4, -0.2) is 55.3 Å². The minimum Gasteiger partial charge on any atom is -0.444 e. The number of carbonyl (C=O) groups excluding carboxylic acids is 1. The highest BCUT2D eigenvalue weighted by molar-refractivity contribution is 5.80. The first kappa shape index (κ1) is 18.9. The van der Waals surface area contributed by atoms with Crippen molar-refractivity contribution in [3.8, 4) is 0 Å². The Labute approximate surface area is 146 Å². The molecule has 0 bridgehead atoms. The van der Waals surface area contributed by atoms with Crippen molar-refractivity contribution >= 4 is 12.1 Å². The van der Waals surface area contributed by atoms with Gasteiger partial charge in [-0.25, -0.2) is 4.79 Å². The van der Waals surface area contributed by atoms with Gasteiger partial charge < -0.3 is 20.3 Å². The fourth-order valence-corrected chi connectivity index (χ4v) is 3.57. The number of carbonyl (C=O) groups is 1. The van der Waals surface area contributed by atoms with E-state index in [4.69, 9.17) is 4.74 Å². The number of hydrogen-bond acceptors (Lipinski definition) is 3. The van der Waals surface area contributed by atoms with Gasteiger partial charge in [0.1, 0.15) is 5.60 Å². The van der Waals surface area contributed by atoms with Crippen LogP contribution in [0.2, 0.25) is 0 Å². The maximum absolute atomic E-state index is 11.9. The molecule has 6 nitrogen and oxygen atoms in total. The summed E-state index contributed by atoms with van der Waals surface area (Å²) >= 11 is 0. The summed E-state index contributed by atoms with van der Waals surface area (Å²) in [6.45, 7) is 10.6. The number of guanidine groups is 1. The maximum atomic E-state index is 11.9. The molecule has 0 spiro atoms. The molecule has 1 aliphatic carbocycles. The molecule has 2 aliphatic rings. The summed E-state index contributed by atoms with van der Waals surface area (Å²) < 4.78 is 5.34. The number of nitrogens with zero attached hydrogens (tertiary/aromatic N) is 2. The topological polar surface area (TPSA) is 66.0 Å². The molecular weight excluding hydrogens is 304 g/mol. The van der Waals surface area contributed by atoms with Gasteiger partial charge >= 0.3 is 6.09 Å². The number of aliphatic imine (C=N–C) groups is 1. The van der Waals surface area contributed by atoms with Gasteiger partial charge in [-0.1, -0.05) is 19.8 Å². The lowest BCUT2D eigenvalue weighted by atomic mass is 9.89. The number of nitrogens with one attached hydrogen (secondary N) is 2. The van der Waals surface area contributed by atoms with Crippen molar-refractivity contribution in [3.63, 3.8) is 0 Å². The predicted molar refractivity (Wildman–Crippen MR) is 97.3 cm³/mol. The Kier molecular flexibility index (Phi) is 5.99. The highest BCUT2D eigenvalue weighted by atomic mass is 16.6. The Morgan fingerprint density at radius 2 is 2.00 bits per heavy atom. The smallest absolute Gasteiger partial charge is 0.407 e. The Hall–Kier alpha value is -1.46. The van der Waals surface area contributed by atoms with Gasteiger partial charge in [-0.3, -0.25) is 4.99 Å². The molecule has 2 fully saturated rings. The van der Waals surface area contributed by atoms with Gasteiger partial charge in [-0.2, -0.15) is 0 Å². The number of amides is 1. The number of rotatable bonds is 3. The summed E-state index contributed by atoms with van der Waals surface area (Å²) in [5.74, 6) is 0.941. The normalized spacial score (nSPS) is 24.1. The van der Waals surface area contributed by atoms with Crippen LogP contribution in [0.1, 0.15) is 59.8 Å². The second-order valence-electron chi connectivity index (χ2n) is 8.50. The SMILES string of the molecule is CN=C(NCC1(C)CCCC1)N1CCC(NC(=O)OC(C)(C)C)C1. The first-order chi connectivity index (χ1) is 11.2. The molecule has 0 aromatic heterocycles. The zero-order chi connectivity index (χ0) is 17.8. The summed E-state index contributed by atoms with van der Waals surface area (Å²) in [7, 11) is 1.83. The van der Waals surface area contributed by atoms with Crippen LogP contribution in [0.5, 0.6) is 0 Å². The van der Waals surface area contributed by atoms with Gasteiger partial charge in [0.2, 0.25) is 0 Å². The van der Waals surface area contributed by atoms with E-state index in [9.17, 15) is 4.79 Å². The first-order valence-electron chi connectivity index (χ1n) is 9.16. The molecule has 1 amide bonds. The van der Waals surface area contributed by atoms with Crippen molar-refractivity contribution in [1.29, 1.82) is 0 Å². The van der Waals surface area contributed by atoms with Gasteiger partial charge in [-0.15, -0.1) is 0 Å². The number of ether oxygens (including phenoxy) is 1. The van der Waals surface area contributed by atoms with Crippen molar-refractivity contribution in [2.24, 2.45) is 10.4 Å². The van der Waals surface area contributed by atoms with E-state index in [-0.39, 0.29) is 12.1 Å². The summed E-state index contributed by atoms with van der Waals surface area (Å²) in [5, 5.41) is 6.50. The molecule has 0 aromatic rings. The van der Waals surface area contributed by atoms with Gasteiger partial charge in [-0.05, 0) is 45.4 Å². The van der Waals surface area contributed by atoms with Crippen LogP contribution in [0.25, 0.3) is 0 Å². The molecule has 2 rings (SSSR count). The molecule has 1 saturated heterocycles. The molecule has 24 heavy (non-hydrogen) atoms. The standard InChI is InChI=1S/C18H34N4O2/c1-17(2,3)24-16(23)21-14-8-11-22(12-14)15(19-5)20-13-18(4)9-6-7-10-18/h14H,6-13H2,1-5H3,(H,19,20)(H,21,23). The largest absolute Gasteiger partial charge is 0.444 e. The minimum atomic E-state index is -0.462. The average molecular weight is 338 g/mol. The third-order valence-corrected chi connectivity index (χ3v) is 4.90. The van der Waals surface area contributed by atoms with E-state index in [0.29, 0.717) is 5.41 Å². The zero-order valence-corrected chi connectivity index (χ0v) is 15.9. The molecule has 2 N–H and O–H groups in total. The van der Waals surface area contributed by atoms with Crippen LogP contribution >= 0.6 is 0 Å². The average Bonchev–Trinajstić information content (AvgIpc) is 3.08. The van der Waals surface area contributed by atoms with Crippen molar-refractivity contribution in [2.75, 3.05) is 26.7 Å². The van der Waals surface area contributed by atoms with Crippen molar-refractivity contribution in [3.05, 3.63) is 0 Å².